The normalized spacial score (nSPS) is 13.0. The summed E-state index contributed by atoms with van der Waals surface area (Å²) < 4.78 is 1.70. The van der Waals surface area contributed by atoms with Gasteiger partial charge in [-0.05, 0) is 18.2 Å². The molecule has 1 amide bonds. The van der Waals surface area contributed by atoms with Gasteiger partial charge in [0.1, 0.15) is 5.82 Å². The van der Waals surface area contributed by atoms with E-state index in [9.17, 15) is 4.79 Å². The Bertz CT molecular complexity index is 703. The summed E-state index contributed by atoms with van der Waals surface area (Å²) in [5.41, 5.74) is 7.11. The Morgan fingerprint density at radius 3 is 2.65 bits per heavy atom. The van der Waals surface area contributed by atoms with E-state index >= 15 is 0 Å². The summed E-state index contributed by atoms with van der Waals surface area (Å²) in [6.45, 7) is 8.31. The number of halogens is 1. The SMILES string of the molecule is CC(CN)C(=O)Nc1cc(C(C)(C)C)nn1-c1cccc(Cl)c1. The summed E-state index contributed by atoms with van der Waals surface area (Å²) in [5.74, 6) is 0.217. The Hall–Kier alpha value is -1.85. The van der Waals surface area contributed by atoms with E-state index in [1.165, 1.54) is 0 Å². The zero-order chi connectivity index (χ0) is 17.2. The first-order valence-electron chi connectivity index (χ1n) is 7.60. The van der Waals surface area contributed by atoms with Crippen LogP contribution in [0.4, 0.5) is 5.82 Å². The predicted molar refractivity (Wildman–Crippen MR) is 94.1 cm³/mol. The van der Waals surface area contributed by atoms with Crippen molar-refractivity contribution in [3.8, 4) is 5.69 Å². The Labute approximate surface area is 141 Å². The molecule has 0 spiro atoms. The molecule has 124 valence electrons. The molecular formula is C17H23ClN4O. The first kappa shape index (κ1) is 17.5. The average molecular weight is 335 g/mol. The highest BCUT2D eigenvalue weighted by atomic mass is 35.5. The summed E-state index contributed by atoms with van der Waals surface area (Å²) in [7, 11) is 0. The number of nitrogens with one attached hydrogen (secondary N) is 1. The third-order valence-electron chi connectivity index (χ3n) is 3.58. The maximum atomic E-state index is 12.2. The molecule has 0 radical (unpaired) electrons. The number of aromatic nitrogens is 2. The van der Waals surface area contributed by atoms with Crippen LogP contribution in [0.1, 0.15) is 33.4 Å². The number of benzene rings is 1. The fourth-order valence-electron chi connectivity index (χ4n) is 2.00. The molecule has 1 atom stereocenters. The van der Waals surface area contributed by atoms with Crippen LogP contribution in [-0.2, 0) is 10.2 Å². The molecule has 1 unspecified atom stereocenters. The van der Waals surface area contributed by atoms with E-state index in [2.05, 4.69) is 31.2 Å². The summed E-state index contributed by atoms with van der Waals surface area (Å²) in [6.07, 6.45) is 0. The number of hydrogen-bond donors (Lipinski definition) is 2. The molecule has 0 aliphatic heterocycles. The number of nitrogens with two attached hydrogens (primary N) is 1. The first-order chi connectivity index (χ1) is 10.7. The lowest BCUT2D eigenvalue weighted by Crippen LogP contribution is -2.27. The number of amides is 1. The van der Waals surface area contributed by atoms with Crippen LogP contribution in [0.2, 0.25) is 5.02 Å². The molecule has 3 N–H and O–H groups in total. The molecule has 0 bridgehead atoms. The molecule has 1 aromatic heterocycles. The molecule has 0 aliphatic rings. The second-order valence-electron chi connectivity index (χ2n) is 6.68. The van der Waals surface area contributed by atoms with Gasteiger partial charge in [0.25, 0.3) is 0 Å². The van der Waals surface area contributed by atoms with Gasteiger partial charge in [-0.15, -0.1) is 0 Å². The van der Waals surface area contributed by atoms with Crippen molar-refractivity contribution in [1.29, 1.82) is 0 Å². The second kappa shape index (κ2) is 6.72. The minimum Gasteiger partial charge on any atom is -0.330 e. The quantitative estimate of drug-likeness (QED) is 0.900. The first-order valence-corrected chi connectivity index (χ1v) is 7.97. The zero-order valence-electron chi connectivity index (χ0n) is 13.9. The Kier molecular flexibility index (Phi) is 5.12. The topological polar surface area (TPSA) is 72.9 Å². The molecule has 0 saturated heterocycles. The van der Waals surface area contributed by atoms with Crippen molar-refractivity contribution in [3.05, 3.63) is 41.0 Å². The van der Waals surface area contributed by atoms with Crippen molar-refractivity contribution >= 4 is 23.3 Å². The van der Waals surface area contributed by atoms with Crippen molar-refractivity contribution in [2.24, 2.45) is 11.7 Å². The van der Waals surface area contributed by atoms with Crippen LogP contribution in [-0.4, -0.2) is 22.2 Å². The third kappa shape index (κ3) is 4.12. The van der Waals surface area contributed by atoms with Crippen LogP contribution in [0.25, 0.3) is 5.69 Å². The molecule has 2 aromatic rings. The molecule has 23 heavy (non-hydrogen) atoms. The number of rotatable bonds is 4. The predicted octanol–water partition coefficient (Wildman–Crippen LogP) is 3.36. The van der Waals surface area contributed by atoms with Crippen molar-refractivity contribution in [1.82, 2.24) is 9.78 Å². The summed E-state index contributed by atoms with van der Waals surface area (Å²) in [6, 6.07) is 9.25. The van der Waals surface area contributed by atoms with Crippen LogP contribution < -0.4 is 11.1 Å². The molecular weight excluding hydrogens is 312 g/mol. The molecule has 1 aromatic carbocycles. The summed E-state index contributed by atoms with van der Waals surface area (Å²) in [5, 5.41) is 8.17. The van der Waals surface area contributed by atoms with E-state index in [4.69, 9.17) is 17.3 Å². The van der Waals surface area contributed by atoms with E-state index in [-0.39, 0.29) is 17.2 Å². The highest BCUT2D eigenvalue weighted by Gasteiger charge is 2.22. The van der Waals surface area contributed by atoms with Gasteiger partial charge in [-0.25, -0.2) is 4.68 Å². The van der Waals surface area contributed by atoms with Gasteiger partial charge >= 0.3 is 0 Å². The smallest absolute Gasteiger partial charge is 0.229 e. The van der Waals surface area contributed by atoms with Crippen molar-refractivity contribution in [3.63, 3.8) is 0 Å². The number of carbonyl (C=O) groups excluding carboxylic acids is 1. The van der Waals surface area contributed by atoms with Gasteiger partial charge in [-0.3, -0.25) is 4.79 Å². The zero-order valence-corrected chi connectivity index (χ0v) is 14.7. The Morgan fingerprint density at radius 1 is 1.39 bits per heavy atom. The molecule has 0 saturated carbocycles. The van der Waals surface area contributed by atoms with Crippen molar-refractivity contribution < 1.29 is 4.79 Å². The third-order valence-corrected chi connectivity index (χ3v) is 3.82. The lowest BCUT2D eigenvalue weighted by Gasteiger charge is -2.14. The minimum absolute atomic E-state index is 0.129. The van der Waals surface area contributed by atoms with E-state index in [1.54, 1.807) is 17.7 Å². The van der Waals surface area contributed by atoms with Crippen LogP contribution in [0.3, 0.4) is 0 Å². The van der Waals surface area contributed by atoms with Crippen LogP contribution in [0.5, 0.6) is 0 Å². The van der Waals surface area contributed by atoms with Gasteiger partial charge in [-0.1, -0.05) is 45.4 Å². The molecule has 0 fully saturated rings. The number of carbonyl (C=O) groups is 1. The maximum absolute atomic E-state index is 12.2. The average Bonchev–Trinajstić information content (AvgIpc) is 2.90. The molecule has 2 rings (SSSR count). The van der Waals surface area contributed by atoms with Gasteiger partial charge in [0.15, 0.2) is 0 Å². The monoisotopic (exact) mass is 334 g/mol. The minimum atomic E-state index is -0.268. The Balaban J connectivity index is 2.47. The largest absolute Gasteiger partial charge is 0.330 e. The lowest BCUT2D eigenvalue weighted by atomic mass is 9.92. The lowest BCUT2D eigenvalue weighted by molar-refractivity contribution is -0.119. The van der Waals surface area contributed by atoms with Crippen molar-refractivity contribution in [2.45, 2.75) is 33.1 Å². The highest BCUT2D eigenvalue weighted by Crippen LogP contribution is 2.27. The van der Waals surface area contributed by atoms with Gasteiger partial charge in [0.05, 0.1) is 11.4 Å². The van der Waals surface area contributed by atoms with E-state index in [1.807, 2.05) is 24.3 Å². The van der Waals surface area contributed by atoms with E-state index < -0.39 is 0 Å². The van der Waals surface area contributed by atoms with E-state index in [0.29, 0.717) is 17.4 Å². The fourth-order valence-corrected chi connectivity index (χ4v) is 2.18. The standard InChI is InChI=1S/C17H23ClN4O/c1-11(10-19)16(23)20-15-9-14(17(2,3)4)21-22(15)13-7-5-6-12(18)8-13/h5-9,11H,10,19H2,1-4H3,(H,20,23). The number of hydrogen-bond acceptors (Lipinski definition) is 3. The second-order valence-corrected chi connectivity index (χ2v) is 7.12. The maximum Gasteiger partial charge on any atom is 0.229 e. The fraction of sp³-hybridized carbons (Fsp3) is 0.412. The highest BCUT2D eigenvalue weighted by molar-refractivity contribution is 6.30. The molecule has 5 nitrogen and oxygen atoms in total. The summed E-state index contributed by atoms with van der Waals surface area (Å²) in [4.78, 5) is 12.2. The van der Waals surface area contributed by atoms with Gasteiger partial charge in [0, 0.05) is 29.0 Å². The van der Waals surface area contributed by atoms with Gasteiger partial charge in [0.2, 0.25) is 5.91 Å². The van der Waals surface area contributed by atoms with Crippen LogP contribution >= 0.6 is 11.6 Å². The summed E-state index contributed by atoms with van der Waals surface area (Å²) >= 11 is 6.08. The van der Waals surface area contributed by atoms with Gasteiger partial charge in [-0.2, -0.15) is 5.10 Å². The van der Waals surface area contributed by atoms with E-state index in [0.717, 1.165) is 11.4 Å². The molecule has 6 heteroatoms. The van der Waals surface area contributed by atoms with Gasteiger partial charge < -0.3 is 11.1 Å². The number of nitrogens with zero attached hydrogens (tertiary/aromatic N) is 2. The molecule has 0 aliphatic carbocycles. The molecule has 1 heterocycles. The number of anilines is 1. The Morgan fingerprint density at radius 2 is 2.09 bits per heavy atom. The van der Waals surface area contributed by atoms with Crippen LogP contribution in [0, 0.1) is 5.92 Å². The van der Waals surface area contributed by atoms with Crippen molar-refractivity contribution in [2.75, 3.05) is 11.9 Å². The van der Waals surface area contributed by atoms with Crippen LogP contribution in [0.15, 0.2) is 30.3 Å².